The lowest BCUT2D eigenvalue weighted by atomic mass is 9.92. The van der Waals surface area contributed by atoms with Crippen molar-refractivity contribution in [1.82, 2.24) is 4.98 Å². The van der Waals surface area contributed by atoms with Gasteiger partial charge in [0.15, 0.2) is 11.6 Å². The van der Waals surface area contributed by atoms with E-state index in [0.29, 0.717) is 24.5 Å². The summed E-state index contributed by atoms with van der Waals surface area (Å²) >= 11 is 0. The second-order valence-corrected chi connectivity index (χ2v) is 9.31. The number of alkyl halides is 3. The fraction of sp³-hybridized carbons (Fsp3) is 0.478. The predicted molar refractivity (Wildman–Crippen MR) is 116 cm³/mol. The summed E-state index contributed by atoms with van der Waals surface area (Å²) in [6, 6.07) is 6.96. The van der Waals surface area contributed by atoms with Crippen molar-refractivity contribution in [3.63, 3.8) is 0 Å². The van der Waals surface area contributed by atoms with Crippen molar-refractivity contribution in [2.45, 2.75) is 59.4 Å². The van der Waals surface area contributed by atoms with Gasteiger partial charge in [-0.15, -0.1) is 13.2 Å². The van der Waals surface area contributed by atoms with Crippen molar-refractivity contribution in [3.05, 3.63) is 47.4 Å². The van der Waals surface area contributed by atoms with Gasteiger partial charge in [-0.2, -0.15) is 0 Å². The highest BCUT2D eigenvalue weighted by molar-refractivity contribution is 5.90. The van der Waals surface area contributed by atoms with Gasteiger partial charge >= 0.3 is 6.36 Å². The molecule has 1 aromatic heterocycles. The van der Waals surface area contributed by atoms with Gasteiger partial charge in [-0.1, -0.05) is 39.8 Å². The molecule has 1 aliphatic heterocycles. The molecule has 1 unspecified atom stereocenters. The van der Waals surface area contributed by atoms with E-state index in [9.17, 15) is 22.4 Å². The third kappa shape index (κ3) is 6.34. The molecule has 176 valence electrons. The van der Waals surface area contributed by atoms with Crippen LogP contribution in [0.5, 0.6) is 5.75 Å². The quantitative estimate of drug-likeness (QED) is 0.541. The van der Waals surface area contributed by atoms with Gasteiger partial charge in [0, 0.05) is 32.9 Å². The first-order valence-corrected chi connectivity index (χ1v) is 10.4. The van der Waals surface area contributed by atoms with Crippen LogP contribution in [0.1, 0.15) is 59.1 Å². The van der Waals surface area contributed by atoms with Gasteiger partial charge in [-0.3, -0.25) is 4.79 Å². The summed E-state index contributed by atoms with van der Waals surface area (Å²) in [5, 5.41) is 2.58. The number of aromatic nitrogens is 1. The van der Waals surface area contributed by atoms with Crippen molar-refractivity contribution in [1.29, 1.82) is 0 Å². The molecule has 3 rings (SSSR count). The summed E-state index contributed by atoms with van der Waals surface area (Å²) in [4.78, 5) is 18.6. The number of rotatable bonds is 5. The minimum Gasteiger partial charge on any atom is -0.406 e. The zero-order chi connectivity index (χ0) is 23.7. The summed E-state index contributed by atoms with van der Waals surface area (Å²) in [6.45, 7) is 8.78. The van der Waals surface area contributed by atoms with Crippen LogP contribution < -0.4 is 15.0 Å². The standard InChI is InChI=1S/C23H27F4N3O2.H2/c1-14-9-10-30(13-15-5-7-16(8-6-15)32-23(25,26)27)18-11-17(24)21(29-20(14)18)28-19(31)12-22(2,3)4;/h5-8,11,14H,9-10,12-13H2,1-4H3,(H,28,29,31);1H. The van der Waals surface area contributed by atoms with Crippen LogP contribution in [-0.2, 0) is 11.3 Å². The first kappa shape index (κ1) is 23.8. The highest BCUT2D eigenvalue weighted by Gasteiger charge is 2.31. The SMILES string of the molecule is CC1CCN(Cc2ccc(OC(F)(F)F)cc2)c2cc(F)c(NC(=O)CC(C)(C)C)nc21.[HH]. The average Bonchev–Trinajstić information content (AvgIpc) is 2.64. The highest BCUT2D eigenvalue weighted by Crippen LogP contribution is 2.37. The van der Waals surface area contributed by atoms with Gasteiger partial charge < -0.3 is 15.0 Å². The van der Waals surface area contributed by atoms with Crippen LogP contribution in [0.25, 0.3) is 0 Å². The minimum absolute atomic E-state index is 0. The van der Waals surface area contributed by atoms with E-state index < -0.39 is 12.2 Å². The summed E-state index contributed by atoms with van der Waals surface area (Å²) < 4.78 is 55.7. The molecule has 32 heavy (non-hydrogen) atoms. The molecule has 0 radical (unpaired) electrons. The number of nitrogens with zero attached hydrogens (tertiary/aromatic N) is 2. The van der Waals surface area contributed by atoms with Gasteiger partial charge in [0.1, 0.15) is 5.75 Å². The van der Waals surface area contributed by atoms with Crippen LogP contribution in [0, 0.1) is 11.2 Å². The molecule has 1 N–H and O–H groups in total. The van der Waals surface area contributed by atoms with Crippen molar-refractivity contribution in [2.75, 3.05) is 16.8 Å². The molecule has 0 bridgehead atoms. The van der Waals surface area contributed by atoms with Gasteiger partial charge in [-0.25, -0.2) is 9.37 Å². The van der Waals surface area contributed by atoms with Crippen molar-refractivity contribution in [3.8, 4) is 5.75 Å². The number of fused-ring (bicyclic) bond motifs is 1. The van der Waals surface area contributed by atoms with Crippen LogP contribution >= 0.6 is 0 Å². The molecule has 0 spiro atoms. The summed E-state index contributed by atoms with van der Waals surface area (Å²) in [7, 11) is 0. The van der Waals surface area contributed by atoms with Gasteiger partial charge in [0.05, 0.1) is 11.4 Å². The Morgan fingerprint density at radius 1 is 1.25 bits per heavy atom. The maximum atomic E-state index is 14.8. The van der Waals surface area contributed by atoms with Gasteiger partial charge in [0.25, 0.3) is 0 Å². The normalized spacial score (nSPS) is 16.5. The molecule has 1 aromatic carbocycles. The Balaban J connectivity index is 0.00000385. The lowest BCUT2D eigenvalue weighted by molar-refractivity contribution is -0.274. The zero-order valence-corrected chi connectivity index (χ0v) is 18.5. The van der Waals surface area contributed by atoms with E-state index in [0.717, 1.165) is 12.0 Å². The molecule has 0 fully saturated rings. The Bertz CT molecular complexity index is 975. The number of halogens is 4. The summed E-state index contributed by atoms with van der Waals surface area (Å²) in [5.41, 5.74) is 1.81. The molecule has 1 aliphatic rings. The Morgan fingerprint density at radius 3 is 2.50 bits per heavy atom. The third-order valence-corrected chi connectivity index (χ3v) is 5.10. The number of amides is 1. The number of ether oxygens (including phenoxy) is 1. The van der Waals surface area contributed by atoms with E-state index in [-0.39, 0.29) is 36.7 Å². The summed E-state index contributed by atoms with van der Waals surface area (Å²) in [6.07, 6.45) is -3.73. The fourth-order valence-corrected chi connectivity index (χ4v) is 3.64. The molecule has 1 atom stereocenters. The molecule has 2 aromatic rings. The van der Waals surface area contributed by atoms with Crippen molar-refractivity contribution >= 4 is 17.4 Å². The van der Waals surface area contributed by atoms with E-state index in [1.165, 1.54) is 18.2 Å². The minimum atomic E-state index is -4.74. The third-order valence-electron chi connectivity index (χ3n) is 5.10. The van der Waals surface area contributed by atoms with E-state index >= 15 is 0 Å². The molecule has 1 amide bonds. The van der Waals surface area contributed by atoms with Crippen molar-refractivity contribution < 1.29 is 28.5 Å². The lowest BCUT2D eigenvalue weighted by Gasteiger charge is -2.34. The van der Waals surface area contributed by atoms with Crippen LogP contribution in [0.4, 0.5) is 29.1 Å². The molecule has 5 nitrogen and oxygen atoms in total. The Hall–Kier alpha value is -2.84. The monoisotopic (exact) mass is 455 g/mol. The molecule has 0 saturated heterocycles. The topological polar surface area (TPSA) is 54.5 Å². The predicted octanol–water partition coefficient (Wildman–Crippen LogP) is 6.25. The van der Waals surface area contributed by atoms with Crippen LogP contribution in [-0.4, -0.2) is 23.8 Å². The summed E-state index contributed by atoms with van der Waals surface area (Å²) in [5.74, 6) is -1.23. The zero-order valence-electron chi connectivity index (χ0n) is 18.5. The van der Waals surface area contributed by atoms with Crippen molar-refractivity contribution in [2.24, 2.45) is 5.41 Å². The number of anilines is 2. The highest BCUT2D eigenvalue weighted by atomic mass is 19.4. The van der Waals surface area contributed by atoms with E-state index in [1.807, 2.05) is 32.6 Å². The van der Waals surface area contributed by atoms with E-state index in [4.69, 9.17) is 0 Å². The molecular formula is C23H29F4N3O2. The van der Waals surface area contributed by atoms with E-state index in [1.54, 1.807) is 12.1 Å². The second-order valence-electron chi connectivity index (χ2n) is 9.31. The number of nitrogens with one attached hydrogen (secondary N) is 1. The first-order valence-electron chi connectivity index (χ1n) is 10.4. The van der Waals surface area contributed by atoms with E-state index in [2.05, 4.69) is 15.0 Å². The Kier molecular flexibility index (Phi) is 6.67. The number of benzene rings is 1. The number of carbonyl (C=O) groups excluding carboxylic acids is 1. The average molecular weight is 455 g/mol. The number of hydrogen-bond acceptors (Lipinski definition) is 4. The molecule has 2 heterocycles. The number of carbonyl (C=O) groups is 1. The van der Waals surface area contributed by atoms with Crippen LogP contribution in [0.2, 0.25) is 0 Å². The number of hydrogen-bond donors (Lipinski definition) is 1. The van der Waals surface area contributed by atoms with Gasteiger partial charge in [0.2, 0.25) is 5.91 Å². The molecule has 9 heteroatoms. The maximum absolute atomic E-state index is 14.8. The Morgan fingerprint density at radius 2 is 1.91 bits per heavy atom. The molecular weight excluding hydrogens is 426 g/mol. The fourth-order valence-electron chi connectivity index (χ4n) is 3.64. The van der Waals surface area contributed by atoms with Gasteiger partial charge in [-0.05, 0) is 29.5 Å². The maximum Gasteiger partial charge on any atom is 0.573 e. The largest absolute Gasteiger partial charge is 0.573 e. The second kappa shape index (κ2) is 8.96. The van der Waals surface area contributed by atoms with Crippen LogP contribution in [0.3, 0.4) is 0 Å². The molecule has 0 aliphatic carbocycles. The smallest absolute Gasteiger partial charge is 0.406 e. The Labute approximate surface area is 186 Å². The first-order chi connectivity index (χ1) is 14.8. The van der Waals surface area contributed by atoms with Crippen LogP contribution in [0.15, 0.2) is 30.3 Å². The lowest BCUT2D eigenvalue weighted by Crippen LogP contribution is -2.31. The molecule has 0 saturated carbocycles. The number of pyridine rings is 1.